The van der Waals surface area contributed by atoms with Gasteiger partial charge in [-0.2, -0.15) is 0 Å². The average molecular weight is 270 g/mol. The summed E-state index contributed by atoms with van der Waals surface area (Å²) in [7, 11) is 1.49. The first-order chi connectivity index (χ1) is 9.06. The van der Waals surface area contributed by atoms with Crippen LogP contribution in [0, 0.1) is 0 Å². The van der Waals surface area contributed by atoms with Gasteiger partial charge < -0.3 is 25.0 Å². The molecule has 0 radical (unpaired) electrons. The summed E-state index contributed by atoms with van der Waals surface area (Å²) < 4.78 is 5.30. The lowest BCUT2D eigenvalue weighted by Gasteiger charge is -2.27. The van der Waals surface area contributed by atoms with Crippen molar-refractivity contribution in [1.82, 2.24) is 4.90 Å². The van der Waals surface area contributed by atoms with Gasteiger partial charge in [0.25, 0.3) is 5.91 Å². The molecule has 7 heteroatoms. The Balaban J connectivity index is 2.07. The number of likely N-dealkylation sites (N-methyl/N-ethyl adjacent to an activating group) is 1. The first kappa shape index (κ1) is 14.1. The number of rotatable bonds is 3. The highest BCUT2D eigenvalue weighted by Gasteiger charge is 2.45. The van der Waals surface area contributed by atoms with E-state index in [9.17, 15) is 15.0 Å². The molecule has 1 unspecified atom stereocenters. The number of aliphatic imine (C=N–C) groups is 1. The van der Waals surface area contributed by atoms with Gasteiger partial charge >= 0.3 is 0 Å². The SMILES string of the molecule is CN(C(=O)C1=CN=CCC1)C1O[C@H](CO)[C@@H](O)[C@H]1O. The number of carbonyl (C=O) groups excluding carboxylic acids is 1. The quantitative estimate of drug-likeness (QED) is 0.587. The van der Waals surface area contributed by atoms with Gasteiger partial charge in [-0.3, -0.25) is 9.79 Å². The van der Waals surface area contributed by atoms with E-state index in [0.29, 0.717) is 18.4 Å². The number of aliphatic hydroxyl groups excluding tert-OH is 3. The predicted octanol–water partition coefficient (Wildman–Crippen LogP) is -1.37. The molecule has 2 heterocycles. The second kappa shape index (κ2) is 5.79. The second-order valence-electron chi connectivity index (χ2n) is 4.67. The Morgan fingerprint density at radius 3 is 2.79 bits per heavy atom. The van der Waals surface area contributed by atoms with Gasteiger partial charge in [-0.05, 0) is 12.8 Å². The Labute approximate surface area is 110 Å². The molecule has 1 fully saturated rings. The van der Waals surface area contributed by atoms with Gasteiger partial charge in [0, 0.05) is 25.0 Å². The molecule has 0 saturated carbocycles. The fourth-order valence-corrected chi connectivity index (χ4v) is 2.21. The summed E-state index contributed by atoms with van der Waals surface area (Å²) >= 11 is 0. The second-order valence-corrected chi connectivity index (χ2v) is 4.67. The van der Waals surface area contributed by atoms with E-state index in [-0.39, 0.29) is 5.91 Å². The van der Waals surface area contributed by atoms with E-state index in [2.05, 4.69) is 4.99 Å². The van der Waals surface area contributed by atoms with Crippen LogP contribution in [0.4, 0.5) is 0 Å². The van der Waals surface area contributed by atoms with Crippen LogP contribution in [0.25, 0.3) is 0 Å². The largest absolute Gasteiger partial charge is 0.394 e. The zero-order valence-electron chi connectivity index (χ0n) is 10.6. The number of carbonyl (C=O) groups is 1. The molecule has 19 heavy (non-hydrogen) atoms. The molecule has 1 amide bonds. The molecule has 4 atom stereocenters. The maximum atomic E-state index is 12.2. The van der Waals surface area contributed by atoms with Crippen molar-refractivity contribution in [2.45, 2.75) is 37.4 Å². The van der Waals surface area contributed by atoms with E-state index in [1.54, 1.807) is 6.21 Å². The maximum Gasteiger partial charge on any atom is 0.253 e. The molecule has 0 aliphatic carbocycles. The van der Waals surface area contributed by atoms with E-state index < -0.39 is 31.1 Å². The van der Waals surface area contributed by atoms with E-state index >= 15 is 0 Å². The maximum absolute atomic E-state index is 12.2. The summed E-state index contributed by atoms with van der Waals surface area (Å²) in [5.74, 6) is -0.299. The van der Waals surface area contributed by atoms with E-state index in [0.717, 1.165) is 0 Å². The van der Waals surface area contributed by atoms with Gasteiger partial charge in [-0.25, -0.2) is 0 Å². The third-order valence-electron chi connectivity index (χ3n) is 3.37. The van der Waals surface area contributed by atoms with Crippen LogP contribution in [0.15, 0.2) is 16.8 Å². The molecule has 3 N–H and O–H groups in total. The van der Waals surface area contributed by atoms with E-state index in [1.165, 1.54) is 18.1 Å². The van der Waals surface area contributed by atoms with E-state index in [4.69, 9.17) is 9.84 Å². The standard InChI is InChI=1S/C12H18N2O5/c1-14(11(18)7-3-2-4-13-5-7)12-10(17)9(16)8(6-15)19-12/h4-5,8-10,12,15-17H,2-3,6H2,1H3/t8-,9-,10-,12?/m1/s1. The van der Waals surface area contributed by atoms with Crippen molar-refractivity contribution in [2.24, 2.45) is 4.99 Å². The molecular weight excluding hydrogens is 252 g/mol. The van der Waals surface area contributed by atoms with Crippen LogP contribution in [0.2, 0.25) is 0 Å². The summed E-state index contributed by atoms with van der Waals surface area (Å²) in [6.45, 7) is -0.413. The van der Waals surface area contributed by atoms with Crippen LogP contribution in [0.3, 0.4) is 0 Å². The zero-order valence-corrected chi connectivity index (χ0v) is 10.6. The molecule has 0 bridgehead atoms. The van der Waals surface area contributed by atoms with Gasteiger partial charge in [0.1, 0.15) is 18.3 Å². The van der Waals surface area contributed by atoms with Crippen molar-refractivity contribution in [3.8, 4) is 0 Å². The number of hydrogen-bond donors (Lipinski definition) is 3. The summed E-state index contributed by atoms with van der Waals surface area (Å²) in [5.41, 5.74) is 0.530. The smallest absolute Gasteiger partial charge is 0.253 e. The number of hydrogen-bond acceptors (Lipinski definition) is 6. The molecule has 2 aliphatic heterocycles. The van der Waals surface area contributed by atoms with Crippen molar-refractivity contribution in [3.63, 3.8) is 0 Å². The Morgan fingerprint density at radius 1 is 1.53 bits per heavy atom. The highest BCUT2D eigenvalue weighted by molar-refractivity contribution is 5.94. The van der Waals surface area contributed by atoms with Gasteiger partial charge in [0.2, 0.25) is 0 Å². The number of nitrogens with zero attached hydrogens (tertiary/aromatic N) is 2. The van der Waals surface area contributed by atoms with Gasteiger partial charge in [-0.1, -0.05) is 0 Å². The van der Waals surface area contributed by atoms with Gasteiger partial charge in [0.15, 0.2) is 6.23 Å². The van der Waals surface area contributed by atoms with Crippen molar-refractivity contribution >= 4 is 12.1 Å². The minimum Gasteiger partial charge on any atom is -0.394 e. The fourth-order valence-electron chi connectivity index (χ4n) is 2.21. The number of amides is 1. The average Bonchev–Trinajstić information content (AvgIpc) is 2.74. The summed E-state index contributed by atoms with van der Waals surface area (Å²) in [5, 5.41) is 28.5. The van der Waals surface area contributed by atoms with Crippen LogP contribution < -0.4 is 0 Å². The molecular formula is C12H18N2O5. The monoisotopic (exact) mass is 270 g/mol. The van der Waals surface area contributed by atoms with Crippen LogP contribution >= 0.6 is 0 Å². The minimum absolute atomic E-state index is 0.299. The Bertz CT molecular complexity index is 409. The van der Waals surface area contributed by atoms with Gasteiger partial charge in [0.05, 0.1) is 6.61 Å². The highest BCUT2D eigenvalue weighted by Crippen LogP contribution is 2.25. The molecule has 2 aliphatic rings. The third kappa shape index (κ3) is 2.69. The summed E-state index contributed by atoms with van der Waals surface area (Å²) in [6, 6.07) is 0. The predicted molar refractivity (Wildman–Crippen MR) is 66.3 cm³/mol. The minimum atomic E-state index is -1.24. The lowest BCUT2D eigenvalue weighted by Crippen LogP contribution is -2.45. The highest BCUT2D eigenvalue weighted by atomic mass is 16.6. The van der Waals surface area contributed by atoms with Crippen molar-refractivity contribution in [1.29, 1.82) is 0 Å². The van der Waals surface area contributed by atoms with Crippen molar-refractivity contribution < 1.29 is 24.9 Å². The Hall–Kier alpha value is -1.28. The van der Waals surface area contributed by atoms with Gasteiger partial charge in [-0.15, -0.1) is 0 Å². The van der Waals surface area contributed by atoms with Crippen molar-refractivity contribution in [3.05, 3.63) is 11.8 Å². The molecule has 7 nitrogen and oxygen atoms in total. The molecule has 0 aromatic carbocycles. The molecule has 0 spiro atoms. The third-order valence-corrected chi connectivity index (χ3v) is 3.37. The molecule has 0 aromatic rings. The first-order valence-corrected chi connectivity index (χ1v) is 6.16. The van der Waals surface area contributed by atoms with Crippen LogP contribution in [0.5, 0.6) is 0 Å². The first-order valence-electron chi connectivity index (χ1n) is 6.16. The fraction of sp³-hybridized carbons (Fsp3) is 0.667. The summed E-state index contributed by atoms with van der Waals surface area (Å²) in [6.07, 6.45) is 0.206. The van der Waals surface area contributed by atoms with Crippen molar-refractivity contribution in [2.75, 3.05) is 13.7 Å². The molecule has 0 aromatic heterocycles. The summed E-state index contributed by atoms with van der Waals surface area (Å²) in [4.78, 5) is 17.3. The Kier molecular flexibility index (Phi) is 4.31. The number of ether oxygens (including phenoxy) is 1. The van der Waals surface area contributed by atoms with Crippen LogP contribution in [-0.4, -0.2) is 70.5 Å². The molecule has 2 rings (SSSR count). The van der Waals surface area contributed by atoms with Crippen LogP contribution in [0.1, 0.15) is 12.8 Å². The molecule has 106 valence electrons. The van der Waals surface area contributed by atoms with Crippen LogP contribution in [-0.2, 0) is 9.53 Å². The zero-order chi connectivity index (χ0) is 14.0. The Morgan fingerprint density at radius 2 is 2.26 bits per heavy atom. The molecule has 1 saturated heterocycles. The normalized spacial score (nSPS) is 34.2. The number of aliphatic hydroxyl groups is 3. The van der Waals surface area contributed by atoms with E-state index in [1.807, 2.05) is 0 Å². The lowest BCUT2D eigenvalue weighted by atomic mass is 10.1. The lowest BCUT2D eigenvalue weighted by molar-refractivity contribution is -0.145. The topological polar surface area (TPSA) is 103 Å².